The van der Waals surface area contributed by atoms with E-state index in [4.69, 9.17) is 0 Å². The largest absolute Gasteiger partial charge is 0.418 e. The Morgan fingerprint density at radius 1 is 0.949 bits per heavy atom. The molecule has 0 saturated heterocycles. The van der Waals surface area contributed by atoms with Crippen molar-refractivity contribution in [3.63, 3.8) is 0 Å². The monoisotopic (exact) mass is 548 g/mol. The number of hydrogen-bond acceptors (Lipinski definition) is 5. The molecule has 1 heterocycles. The zero-order chi connectivity index (χ0) is 28.0. The van der Waals surface area contributed by atoms with Crippen LogP contribution in [0, 0.1) is 11.3 Å². The van der Waals surface area contributed by atoms with Gasteiger partial charge in [-0.05, 0) is 36.8 Å². The van der Waals surface area contributed by atoms with Crippen molar-refractivity contribution >= 4 is 35.0 Å². The maximum Gasteiger partial charge on any atom is 0.418 e. The highest BCUT2D eigenvalue weighted by Crippen LogP contribution is 2.41. The van der Waals surface area contributed by atoms with Gasteiger partial charge >= 0.3 is 6.18 Å². The predicted octanol–water partition coefficient (Wildman–Crippen LogP) is 6.41. The Bertz CT molecular complexity index is 1480. The van der Waals surface area contributed by atoms with Gasteiger partial charge in [0.1, 0.15) is 0 Å². The number of hydrogen-bond donors (Lipinski definition) is 3. The zero-order valence-electron chi connectivity index (χ0n) is 20.7. The van der Waals surface area contributed by atoms with Crippen LogP contribution < -0.4 is 16.0 Å². The molecule has 0 radical (unpaired) electrons. The van der Waals surface area contributed by atoms with E-state index in [0.717, 1.165) is 17.8 Å². The van der Waals surface area contributed by atoms with Crippen molar-refractivity contribution in [3.05, 3.63) is 118 Å². The molecule has 1 atom stereocenters. The first-order valence-corrected chi connectivity index (χ1v) is 12.8. The Morgan fingerprint density at radius 3 is 2.21 bits per heavy atom. The van der Waals surface area contributed by atoms with Gasteiger partial charge in [-0.3, -0.25) is 9.59 Å². The number of benzene rings is 3. The van der Waals surface area contributed by atoms with Crippen LogP contribution in [0.3, 0.4) is 0 Å². The molecule has 10 heteroatoms. The Balaban J connectivity index is 1.60. The second-order valence-electron chi connectivity index (χ2n) is 8.56. The SMILES string of the molecule is CC1=C(C(=O)Nc2ccccc2)[C@H](c2ccccc2)C(C#N)=C(SCC(=O)Nc2ccccc2C(F)(F)F)N1. The van der Waals surface area contributed by atoms with Crippen molar-refractivity contribution in [2.24, 2.45) is 0 Å². The van der Waals surface area contributed by atoms with Gasteiger partial charge in [-0.25, -0.2) is 0 Å². The molecule has 0 unspecified atom stereocenters. The minimum atomic E-state index is -4.63. The second-order valence-corrected chi connectivity index (χ2v) is 9.55. The van der Waals surface area contributed by atoms with Gasteiger partial charge < -0.3 is 16.0 Å². The van der Waals surface area contributed by atoms with E-state index in [9.17, 15) is 28.0 Å². The number of dihydropyridines is 1. The Kier molecular flexibility index (Phi) is 8.42. The minimum absolute atomic E-state index is 0.221. The number of nitrogens with zero attached hydrogens (tertiary/aromatic N) is 1. The molecule has 1 aliphatic heterocycles. The molecule has 0 aromatic heterocycles. The van der Waals surface area contributed by atoms with Crippen LogP contribution in [0.4, 0.5) is 24.5 Å². The third-order valence-corrected chi connectivity index (χ3v) is 6.93. The lowest BCUT2D eigenvalue weighted by Gasteiger charge is -2.30. The number of carbonyl (C=O) groups is 2. The number of nitrogens with one attached hydrogen (secondary N) is 3. The Morgan fingerprint density at radius 2 is 1.56 bits per heavy atom. The molecule has 3 N–H and O–H groups in total. The average Bonchev–Trinajstić information content (AvgIpc) is 2.92. The summed E-state index contributed by atoms with van der Waals surface area (Å²) in [6.45, 7) is 1.70. The molecule has 1 aliphatic rings. The van der Waals surface area contributed by atoms with Crippen LogP contribution in [-0.4, -0.2) is 17.6 Å². The number of nitriles is 1. The first-order valence-electron chi connectivity index (χ1n) is 11.8. The molecule has 0 aliphatic carbocycles. The molecule has 3 aromatic carbocycles. The van der Waals surface area contributed by atoms with Crippen molar-refractivity contribution in [3.8, 4) is 6.07 Å². The quantitative estimate of drug-likeness (QED) is 0.317. The molecule has 0 bridgehead atoms. The van der Waals surface area contributed by atoms with Gasteiger partial charge in [-0.15, -0.1) is 0 Å². The highest BCUT2D eigenvalue weighted by atomic mass is 32.2. The molecule has 6 nitrogen and oxygen atoms in total. The average molecular weight is 549 g/mol. The van der Waals surface area contributed by atoms with Crippen LogP contribution in [0.5, 0.6) is 0 Å². The molecular formula is C29H23F3N4O2S. The van der Waals surface area contributed by atoms with Crippen LogP contribution in [-0.2, 0) is 15.8 Å². The van der Waals surface area contributed by atoms with E-state index in [2.05, 4.69) is 22.0 Å². The molecule has 198 valence electrons. The molecule has 2 amide bonds. The number of alkyl halides is 3. The van der Waals surface area contributed by atoms with Crippen LogP contribution in [0.1, 0.15) is 24.0 Å². The van der Waals surface area contributed by atoms with E-state index in [-0.39, 0.29) is 17.0 Å². The van der Waals surface area contributed by atoms with Gasteiger partial charge in [0, 0.05) is 17.0 Å². The topological polar surface area (TPSA) is 94.0 Å². The van der Waals surface area contributed by atoms with Gasteiger partial charge in [0.25, 0.3) is 5.91 Å². The Labute approximate surface area is 227 Å². The summed E-state index contributed by atoms with van der Waals surface area (Å²) in [4.78, 5) is 26.0. The summed E-state index contributed by atoms with van der Waals surface area (Å²) in [5.74, 6) is -2.05. The molecule has 3 aromatic rings. The summed E-state index contributed by atoms with van der Waals surface area (Å²) in [7, 11) is 0. The highest BCUT2D eigenvalue weighted by molar-refractivity contribution is 8.03. The predicted molar refractivity (Wildman–Crippen MR) is 145 cm³/mol. The van der Waals surface area contributed by atoms with Crippen LogP contribution >= 0.6 is 11.8 Å². The van der Waals surface area contributed by atoms with Crippen molar-refractivity contribution in [1.82, 2.24) is 5.32 Å². The van der Waals surface area contributed by atoms with E-state index < -0.39 is 29.5 Å². The fraction of sp³-hybridized carbons (Fsp3) is 0.138. The number of carbonyl (C=O) groups excluding carboxylic acids is 2. The zero-order valence-corrected chi connectivity index (χ0v) is 21.5. The van der Waals surface area contributed by atoms with E-state index >= 15 is 0 Å². The number of para-hydroxylation sites is 2. The minimum Gasteiger partial charge on any atom is -0.353 e. The van der Waals surface area contributed by atoms with Gasteiger partial charge in [-0.1, -0.05) is 72.4 Å². The van der Waals surface area contributed by atoms with Crippen LogP contribution in [0.2, 0.25) is 0 Å². The number of thioether (sulfide) groups is 1. The molecule has 0 fully saturated rings. The number of allylic oxidation sites excluding steroid dienone is 2. The first kappa shape index (κ1) is 27.5. The number of amides is 2. The van der Waals surface area contributed by atoms with E-state index in [1.54, 1.807) is 55.5 Å². The summed E-state index contributed by atoms with van der Waals surface area (Å²) in [6.07, 6.45) is -4.63. The third kappa shape index (κ3) is 6.51. The second kappa shape index (κ2) is 11.9. The number of anilines is 2. The van der Waals surface area contributed by atoms with Gasteiger partial charge in [0.05, 0.1) is 39.6 Å². The van der Waals surface area contributed by atoms with Crippen LogP contribution in [0.15, 0.2) is 107 Å². The molecular weight excluding hydrogens is 525 g/mol. The smallest absolute Gasteiger partial charge is 0.353 e. The number of halogens is 3. The molecule has 4 rings (SSSR count). The maximum absolute atomic E-state index is 13.4. The van der Waals surface area contributed by atoms with E-state index in [0.29, 0.717) is 27.6 Å². The van der Waals surface area contributed by atoms with Gasteiger partial charge in [0.15, 0.2) is 0 Å². The van der Waals surface area contributed by atoms with E-state index in [1.165, 1.54) is 18.2 Å². The summed E-state index contributed by atoms with van der Waals surface area (Å²) in [5.41, 5.74) is 1.05. The molecule has 0 spiro atoms. The van der Waals surface area contributed by atoms with E-state index in [1.807, 2.05) is 12.1 Å². The molecule has 39 heavy (non-hydrogen) atoms. The van der Waals surface area contributed by atoms with Crippen molar-refractivity contribution in [2.45, 2.75) is 19.0 Å². The lowest BCUT2D eigenvalue weighted by molar-refractivity contribution is -0.137. The third-order valence-electron chi connectivity index (χ3n) is 5.91. The summed E-state index contributed by atoms with van der Waals surface area (Å²) in [6, 6.07) is 24.8. The normalized spacial score (nSPS) is 15.3. The fourth-order valence-corrected chi connectivity index (χ4v) is 5.08. The standard InChI is InChI=1S/C29H23F3N4O2S/c1-18-25(27(38)35-20-12-6-3-7-13-20)26(19-10-4-2-5-11-19)21(16-33)28(34-18)39-17-24(37)36-23-15-9-8-14-22(23)29(30,31)32/h2-15,26,34H,17H2,1H3,(H,35,38)(H,36,37)/t26-/m1/s1. The van der Waals surface area contributed by atoms with Gasteiger partial charge in [0.2, 0.25) is 5.91 Å². The maximum atomic E-state index is 13.4. The highest BCUT2D eigenvalue weighted by Gasteiger charge is 2.36. The first-order chi connectivity index (χ1) is 18.7. The molecule has 0 saturated carbocycles. The lowest BCUT2D eigenvalue weighted by Crippen LogP contribution is -2.31. The Hall–Kier alpha value is -4.49. The fourth-order valence-electron chi connectivity index (χ4n) is 4.19. The van der Waals surface area contributed by atoms with Gasteiger partial charge in [-0.2, -0.15) is 18.4 Å². The lowest BCUT2D eigenvalue weighted by atomic mass is 9.82. The van der Waals surface area contributed by atoms with Crippen molar-refractivity contribution in [2.75, 3.05) is 16.4 Å². The summed E-state index contributed by atoms with van der Waals surface area (Å²) < 4.78 is 39.9. The van der Waals surface area contributed by atoms with Crippen LogP contribution in [0.25, 0.3) is 0 Å². The number of rotatable bonds is 7. The summed E-state index contributed by atoms with van der Waals surface area (Å²) >= 11 is 0.978. The van der Waals surface area contributed by atoms with Crippen molar-refractivity contribution in [1.29, 1.82) is 5.26 Å². The van der Waals surface area contributed by atoms with Crippen molar-refractivity contribution < 1.29 is 22.8 Å². The summed E-state index contributed by atoms with van der Waals surface area (Å²) in [5, 5.41) is 18.7.